The number of nitrogens with zero attached hydrogens (tertiary/aromatic N) is 3. The van der Waals surface area contributed by atoms with E-state index in [0.29, 0.717) is 10.7 Å². The van der Waals surface area contributed by atoms with Gasteiger partial charge in [0.05, 0.1) is 5.52 Å². The molecule has 0 fully saturated rings. The zero-order chi connectivity index (χ0) is 18.3. The normalized spacial score (nSPS) is 13.7. The number of fused-ring (bicyclic) bond motifs is 2. The van der Waals surface area contributed by atoms with E-state index in [2.05, 4.69) is 26.2 Å². The zero-order valence-corrected chi connectivity index (χ0v) is 15.3. The van der Waals surface area contributed by atoms with Crippen LogP contribution in [0, 0.1) is 0 Å². The second kappa shape index (κ2) is 6.26. The molecule has 0 amide bonds. The van der Waals surface area contributed by atoms with Crippen LogP contribution in [-0.2, 0) is 16.4 Å². The summed E-state index contributed by atoms with van der Waals surface area (Å²) in [7, 11) is -3.59. The summed E-state index contributed by atoms with van der Waals surface area (Å²) >= 11 is 6.16. The highest BCUT2D eigenvalue weighted by Crippen LogP contribution is 2.38. The Morgan fingerprint density at radius 2 is 2.04 bits per heavy atom. The number of aromatic nitrogens is 2. The molecular formula is C18H15ClN4O2S. The summed E-state index contributed by atoms with van der Waals surface area (Å²) in [4.78, 5) is 10.8. The third kappa shape index (κ3) is 3.00. The molecule has 4 rings (SSSR count). The summed E-state index contributed by atoms with van der Waals surface area (Å²) in [6, 6.07) is 11.0. The van der Waals surface area contributed by atoms with Crippen LogP contribution in [0.15, 0.2) is 54.7 Å². The molecule has 1 N–H and O–H groups in total. The molecule has 26 heavy (non-hydrogen) atoms. The SMILES string of the molecule is C=CS(=O)(=O)Nc1ccc2ncnc(N3CCc4ccc(Cl)cc43)c2c1. The highest BCUT2D eigenvalue weighted by Gasteiger charge is 2.23. The molecule has 2 aromatic carbocycles. The van der Waals surface area contributed by atoms with Crippen molar-refractivity contribution in [3.63, 3.8) is 0 Å². The second-order valence-corrected chi connectivity index (χ2v) is 7.98. The van der Waals surface area contributed by atoms with Crippen LogP contribution in [0.2, 0.25) is 5.02 Å². The van der Waals surface area contributed by atoms with Crippen LogP contribution in [0.3, 0.4) is 0 Å². The van der Waals surface area contributed by atoms with Crippen LogP contribution >= 0.6 is 11.6 Å². The fourth-order valence-corrected chi connectivity index (χ4v) is 3.81. The molecule has 0 radical (unpaired) electrons. The summed E-state index contributed by atoms with van der Waals surface area (Å²) in [5.74, 6) is 0.718. The first-order valence-corrected chi connectivity index (χ1v) is 9.85. The number of halogens is 1. The van der Waals surface area contributed by atoms with Crippen molar-refractivity contribution in [3.8, 4) is 0 Å². The Bertz CT molecular complexity index is 1130. The minimum atomic E-state index is -3.59. The Kier molecular flexibility index (Phi) is 4.05. The van der Waals surface area contributed by atoms with Crippen molar-refractivity contribution in [1.29, 1.82) is 0 Å². The number of sulfonamides is 1. The maximum Gasteiger partial charge on any atom is 0.254 e. The molecule has 0 aliphatic carbocycles. The highest BCUT2D eigenvalue weighted by molar-refractivity contribution is 7.95. The Labute approximate surface area is 156 Å². The molecule has 0 saturated heterocycles. The van der Waals surface area contributed by atoms with E-state index >= 15 is 0 Å². The van der Waals surface area contributed by atoms with E-state index < -0.39 is 10.0 Å². The van der Waals surface area contributed by atoms with Gasteiger partial charge in [-0.1, -0.05) is 24.2 Å². The van der Waals surface area contributed by atoms with E-state index in [4.69, 9.17) is 11.6 Å². The van der Waals surface area contributed by atoms with Gasteiger partial charge in [-0.15, -0.1) is 0 Å². The van der Waals surface area contributed by atoms with Crippen molar-refractivity contribution >= 4 is 49.7 Å². The number of benzene rings is 2. The molecule has 0 spiro atoms. The molecule has 0 atom stereocenters. The Balaban J connectivity index is 1.84. The number of anilines is 3. The van der Waals surface area contributed by atoms with Gasteiger partial charge in [0.15, 0.2) is 0 Å². The first-order valence-electron chi connectivity index (χ1n) is 7.93. The summed E-state index contributed by atoms with van der Waals surface area (Å²) in [5, 5.41) is 2.29. The van der Waals surface area contributed by atoms with Crippen LogP contribution < -0.4 is 9.62 Å². The largest absolute Gasteiger partial charge is 0.325 e. The predicted molar refractivity (Wildman–Crippen MR) is 104 cm³/mol. The van der Waals surface area contributed by atoms with Crippen molar-refractivity contribution in [2.24, 2.45) is 0 Å². The Morgan fingerprint density at radius 3 is 2.85 bits per heavy atom. The lowest BCUT2D eigenvalue weighted by Gasteiger charge is -2.20. The molecule has 3 aromatic rings. The fourth-order valence-electron chi connectivity index (χ4n) is 3.10. The predicted octanol–water partition coefficient (Wildman–Crippen LogP) is 3.86. The number of nitrogens with one attached hydrogen (secondary N) is 1. The molecule has 132 valence electrons. The van der Waals surface area contributed by atoms with Gasteiger partial charge >= 0.3 is 0 Å². The highest BCUT2D eigenvalue weighted by atomic mass is 35.5. The van der Waals surface area contributed by atoms with Gasteiger partial charge in [-0.25, -0.2) is 18.4 Å². The van der Waals surface area contributed by atoms with Crippen molar-refractivity contribution in [1.82, 2.24) is 9.97 Å². The monoisotopic (exact) mass is 386 g/mol. The molecule has 0 saturated carbocycles. The lowest BCUT2D eigenvalue weighted by molar-refractivity contribution is 0.609. The topological polar surface area (TPSA) is 75.2 Å². The third-order valence-electron chi connectivity index (χ3n) is 4.29. The van der Waals surface area contributed by atoms with E-state index in [1.54, 1.807) is 18.2 Å². The van der Waals surface area contributed by atoms with Gasteiger partial charge in [0.2, 0.25) is 0 Å². The fraction of sp³-hybridized carbons (Fsp3) is 0.111. The van der Waals surface area contributed by atoms with Crippen molar-refractivity contribution in [3.05, 3.63) is 65.3 Å². The number of hydrogen-bond acceptors (Lipinski definition) is 5. The van der Waals surface area contributed by atoms with Crippen LogP contribution in [0.25, 0.3) is 10.9 Å². The summed E-state index contributed by atoms with van der Waals surface area (Å²) in [5.41, 5.74) is 3.37. The first kappa shape index (κ1) is 16.8. The maximum atomic E-state index is 11.8. The first-order chi connectivity index (χ1) is 12.5. The Hall–Kier alpha value is -2.64. The van der Waals surface area contributed by atoms with Gasteiger partial charge in [0.25, 0.3) is 10.0 Å². The molecule has 8 heteroatoms. The maximum absolute atomic E-state index is 11.8. The minimum absolute atomic E-state index is 0.430. The molecule has 1 aliphatic rings. The van der Waals surface area contributed by atoms with Gasteiger partial charge in [0.1, 0.15) is 12.1 Å². The average Bonchev–Trinajstić information content (AvgIpc) is 3.03. The van der Waals surface area contributed by atoms with Crippen molar-refractivity contribution in [2.75, 3.05) is 16.2 Å². The molecular weight excluding hydrogens is 372 g/mol. The lowest BCUT2D eigenvalue weighted by atomic mass is 10.1. The number of hydrogen-bond donors (Lipinski definition) is 1. The lowest BCUT2D eigenvalue weighted by Crippen LogP contribution is -2.15. The second-order valence-electron chi connectivity index (χ2n) is 5.92. The summed E-state index contributed by atoms with van der Waals surface area (Å²) in [6.45, 7) is 4.08. The minimum Gasteiger partial charge on any atom is -0.325 e. The van der Waals surface area contributed by atoms with Gasteiger partial charge in [-0.05, 0) is 42.3 Å². The van der Waals surface area contributed by atoms with Gasteiger partial charge in [-0.2, -0.15) is 0 Å². The molecule has 0 unspecified atom stereocenters. The van der Waals surface area contributed by atoms with Crippen LogP contribution in [0.4, 0.5) is 17.2 Å². The summed E-state index contributed by atoms with van der Waals surface area (Å²) in [6.07, 6.45) is 2.40. The van der Waals surface area contributed by atoms with Crippen molar-refractivity contribution < 1.29 is 8.42 Å². The molecule has 6 nitrogen and oxygen atoms in total. The molecule has 1 aromatic heterocycles. The standard InChI is InChI=1S/C18H15ClN4O2S/c1-2-26(24,25)22-14-5-6-16-15(10-14)18(21-11-20-16)23-8-7-12-3-4-13(19)9-17(12)23/h2-6,9-11,22H,1,7-8H2. The molecule has 2 heterocycles. The molecule has 0 bridgehead atoms. The zero-order valence-electron chi connectivity index (χ0n) is 13.7. The summed E-state index contributed by atoms with van der Waals surface area (Å²) < 4.78 is 26.0. The van der Waals surface area contributed by atoms with Crippen LogP contribution in [0.5, 0.6) is 0 Å². The van der Waals surface area contributed by atoms with Gasteiger partial charge in [-0.3, -0.25) is 4.72 Å². The molecule has 1 aliphatic heterocycles. The van der Waals surface area contributed by atoms with Crippen LogP contribution in [-0.4, -0.2) is 24.9 Å². The Morgan fingerprint density at radius 1 is 1.19 bits per heavy atom. The van der Waals surface area contributed by atoms with Gasteiger partial charge in [0, 0.05) is 33.7 Å². The van der Waals surface area contributed by atoms with Crippen LogP contribution in [0.1, 0.15) is 5.56 Å². The van der Waals surface area contributed by atoms with E-state index in [9.17, 15) is 8.42 Å². The van der Waals surface area contributed by atoms with Gasteiger partial charge < -0.3 is 4.90 Å². The number of rotatable bonds is 4. The quantitative estimate of drug-likeness (QED) is 0.736. The van der Waals surface area contributed by atoms with E-state index in [1.807, 2.05) is 18.2 Å². The smallest absolute Gasteiger partial charge is 0.254 e. The van der Waals surface area contributed by atoms with E-state index in [0.717, 1.165) is 40.8 Å². The van der Waals surface area contributed by atoms with E-state index in [1.165, 1.54) is 11.9 Å². The van der Waals surface area contributed by atoms with E-state index in [-0.39, 0.29) is 0 Å². The van der Waals surface area contributed by atoms with Crippen molar-refractivity contribution in [2.45, 2.75) is 6.42 Å². The average molecular weight is 387 g/mol. The third-order valence-corrected chi connectivity index (χ3v) is 5.49.